The molecule has 1 fully saturated rings. The van der Waals surface area contributed by atoms with Gasteiger partial charge in [0, 0.05) is 36.3 Å². The van der Waals surface area contributed by atoms with Gasteiger partial charge in [-0.25, -0.2) is 8.78 Å². The van der Waals surface area contributed by atoms with Crippen molar-refractivity contribution in [2.45, 2.75) is 38.3 Å². The van der Waals surface area contributed by atoms with E-state index in [1.54, 1.807) is 29.2 Å². The van der Waals surface area contributed by atoms with Crippen molar-refractivity contribution in [3.05, 3.63) is 117 Å². The van der Waals surface area contributed by atoms with Crippen LogP contribution in [0.5, 0.6) is 0 Å². The van der Waals surface area contributed by atoms with E-state index >= 15 is 0 Å². The highest BCUT2D eigenvalue weighted by atomic mass is 19.1. The molecule has 0 bridgehead atoms. The van der Waals surface area contributed by atoms with Crippen LogP contribution in [0.2, 0.25) is 0 Å². The van der Waals surface area contributed by atoms with Crippen LogP contribution in [-0.2, 0) is 6.42 Å². The zero-order valence-corrected chi connectivity index (χ0v) is 20.7. The molecule has 8 heteroatoms. The maximum absolute atomic E-state index is 14.2. The maximum atomic E-state index is 14.2. The molecule has 38 heavy (non-hydrogen) atoms. The Morgan fingerprint density at radius 2 is 1.76 bits per heavy atom. The summed E-state index contributed by atoms with van der Waals surface area (Å²) in [6, 6.07) is 18.7. The molecule has 0 unspecified atom stereocenters. The number of para-hydroxylation sites is 1. The SMILES string of the molecule is Cc1c(F)cc(F)cc1C(=O)N1CC[C@H](NC(=O)c2cc(=O)c3ccccc3o2)C[C@H]1Cc1ccccc1. The van der Waals surface area contributed by atoms with E-state index in [4.69, 9.17) is 4.42 Å². The van der Waals surface area contributed by atoms with Crippen LogP contribution in [0.25, 0.3) is 11.0 Å². The number of nitrogens with one attached hydrogen (secondary N) is 1. The van der Waals surface area contributed by atoms with Crippen molar-refractivity contribution < 1.29 is 22.8 Å². The molecule has 1 saturated heterocycles. The van der Waals surface area contributed by atoms with Gasteiger partial charge in [-0.1, -0.05) is 42.5 Å². The Balaban J connectivity index is 1.38. The molecule has 1 aromatic heterocycles. The quantitative estimate of drug-likeness (QED) is 0.404. The van der Waals surface area contributed by atoms with Gasteiger partial charge in [-0.3, -0.25) is 14.4 Å². The lowest BCUT2D eigenvalue weighted by molar-refractivity contribution is 0.0567. The molecule has 2 heterocycles. The average molecular weight is 517 g/mol. The standard InChI is InChI=1S/C30H26F2N2O4/c1-18-24(14-20(31)15-25(18)32)30(37)34-12-11-21(16-22(34)13-19-7-3-2-4-8-19)33-29(36)28-17-26(35)23-9-5-6-10-27(23)38-28/h2-10,14-15,17,21-22H,11-13,16H2,1H3,(H,33,36)/t21-,22+/m0/s1. The molecule has 3 aromatic carbocycles. The van der Waals surface area contributed by atoms with Crippen LogP contribution in [0.15, 0.2) is 82.0 Å². The summed E-state index contributed by atoms with van der Waals surface area (Å²) in [6.45, 7) is 1.74. The van der Waals surface area contributed by atoms with Gasteiger partial charge >= 0.3 is 0 Å². The monoisotopic (exact) mass is 516 g/mol. The average Bonchev–Trinajstić information content (AvgIpc) is 2.91. The lowest BCUT2D eigenvalue weighted by Crippen LogP contribution is -2.53. The fourth-order valence-corrected chi connectivity index (χ4v) is 5.02. The molecule has 0 saturated carbocycles. The predicted octanol–water partition coefficient (Wildman–Crippen LogP) is 5.03. The van der Waals surface area contributed by atoms with E-state index < -0.39 is 23.4 Å². The number of hydrogen-bond acceptors (Lipinski definition) is 4. The van der Waals surface area contributed by atoms with Gasteiger partial charge in [0.15, 0.2) is 11.2 Å². The summed E-state index contributed by atoms with van der Waals surface area (Å²) in [7, 11) is 0. The van der Waals surface area contributed by atoms with Crippen molar-refractivity contribution >= 4 is 22.8 Å². The van der Waals surface area contributed by atoms with Gasteiger partial charge in [-0.15, -0.1) is 0 Å². The third-order valence-electron chi connectivity index (χ3n) is 7.02. The Kier molecular flexibility index (Phi) is 7.05. The third-order valence-corrected chi connectivity index (χ3v) is 7.02. The minimum atomic E-state index is -0.810. The molecule has 1 aliphatic heterocycles. The van der Waals surface area contributed by atoms with Crippen LogP contribution < -0.4 is 10.7 Å². The number of benzene rings is 3. The summed E-state index contributed by atoms with van der Waals surface area (Å²) in [4.78, 5) is 40.6. The number of amides is 2. The van der Waals surface area contributed by atoms with Gasteiger partial charge in [0.1, 0.15) is 17.2 Å². The zero-order valence-electron chi connectivity index (χ0n) is 20.7. The number of halogens is 2. The second-order valence-corrected chi connectivity index (χ2v) is 9.57. The van der Waals surface area contributed by atoms with E-state index in [1.165, 1.54) is 13.0 Å². The number of likely N-dealkylation sites (tertiary alicyclic amines) is 1. The largest absolute Gasteiger partial charge is 0.451 e. The topological polar surface area (TPSA) is 79.6 Å². The summed E-state index contributed by atoms with van der Waals surface area (Å²) in [6.07, 6.45) is 1.35. The highest BCUT2D eigenvalue weighted by Gasteiger charge is 2.34. The van der Waals surface area contributed by atoms with E-state index in [0.717, 1.165) is 17.7 Å². The predicted molar refractivity (Wildman–Crippen MR) is 139 cm³/mol. The van der Waals surface area contributed by atoms with Crippen molar-refractivity contribution in [3.63, 3.8) is 0 Å². The molecular formula is C30H26F2N2O4. The Morgan fingerprint density at radius 1 is 1.03 bits per heavy atom. The molecule has 4 aromatic rings. The number of rotatable bonds is 5. The fraction of sp³-hybridized carbons (Fsp3) is 0.233. The highest BCUT2D eigenvalue weighted by molar-refractivity contribution is 5.96. The molecule has 0 radical (unpaired) electrons. The number of nitrogens with zero attached hydrogens (tertiary/aromatic N) is 1. The molecule has 0 aliphatic carbocycles. The van der Waals surface area contributed by atoms with Gasteiger partial charge in [-0.05, 0) is 55.5 Å². The summed E-state index contributed by atoms with van der Waals surface area (Å²) in [5.74, 6) is -2.63. The van der Waals surface area contributed by atoms with Gasteiger partial charge < -0.3 is 14.6 Å². The minimum Gasteiger partial charge on any atom is -0.451 e. The molecule has 6 nitrogen and oxygen atoms in total. The number of hydrogen-bond donors (Lipinski definition) is 1. The molecule has 1 N–H and O–H groups in total. The zero-order chi connectivity index (χ0) is 26.8. The third kappa shape index (κ3) is 5.20. The number of carbonyl (C=O) groups is 2. The Hall–Kier alpha value is -4.33. The summed E-state index contributed by atoms with van der Waals surface area (Å²) >= 11 is 0. The smallest absolute Gasteiger partial charge is 0.287 e. The first-order valence-corrected chi connectivity index (χ1v) is 12.4. The van der Waals surface area contributed by atoms with Crippen molar-refractivity contribution in [2.75, 3.05) is 6.54 Å². The van der Waals surface area contributed by atoms with E-state index in [1.807, 2.05) is 30.3 Å². The van der Waals surface area contributed by atoms with E-state index in [-0.39, 0.29) is 40.9 Å². The Labute approximate surface area is 217 Å². The first-order valence-electron chi connectivity index (χ1n) is 12.4. The van der Waals surface area contributed by atoms with Crippen molar-refractivity contribution in [1.29, 1.82) is 0 Å². The first-order chi connectivity index (χ1) is 18.3. The second kappa shape index (κ2) is 10.6. The first kappa shape index (κ1) is 25.3. The Bertz CT molecular complexity index is 1570. The summed E-state index contributed by atoms with van der Waals surface area (Å²) in [5, 5.41) is 3.33. The Morgan fingerprint density at radius 3 is 2.55 bits per heavy atom. The lowest BCUT2D eigenvalue weighted by atomic mass is 9.91. The molecule has 2 atom stereocenters. The van der Waals surface area contributed by atoms with Gasteiger partial charge in [0.2, 0.25) is 0 Å². The fourth-order valence-electron chi connectivity index (χ4n) is 5.02. The number of piperidine rings is 1. The van der Waals surface area contributed by atoms with Crippen LogP contribution in [0.1, 0.15) is 44.9 Å². The van der Waals surface area contributed by atoms with Crippen molar-refractivity contribution in [2.24, 2.45) is 0 Å². The summed E-state index contributed by atoms with van der Waals surface area (Å²) in [5.41, 5.74) is 1.09. The molecule has 194 valence electrons. The van der Waals surface area contributed by atoms with Crippen LogP contribution >= 0.6 is 0 Å². The van der Waals surface area contributed by atoms with Gasteiger partial charge in [0.05, 0.1) is 5.39 Å². The van der Waals surface area contributed by atoms with E-state index in [9.17, 15) is 23.2 Å². The highest BCUT2D eigenvalue weighted by Crippen LogP contribution is 2.26. The van der Waals surface area contributed by atoms with Gasteiger partial charge in [-0.2, -0.15) is 0 Å². The number of carbonyl (C=O) groups excluding carboxylic acids is 2. The summed E-state index contributed by atoms with van der Waals surface area (Å²) < 4.78 is 33.9. The number of fused-ring (bicyclic) bond motifs is 1. The maximum Gasteiger partial charge on any atom is 0.287 e. The van der Waals surface area contributed by atoms with Crippen molar-refractivity contribution in [1.82, 2.24) is 10.2 Å². The molecular weight excluding hydrogens is 490 g/mol. The van der Waals surface area contributed by atoms with E-state index in [0.29, 0.717) is 30.2 Å². The molecule has 5 rings (SSSR count). The van der Waals surface area contributed by atoms with Crippen molar-refractivity contribution in [3.8, 4) is 0 Å². The van der Waals surface area contributed by atoms with Gasteiger partial charge in [0.25, 0.3) is 11.8 Å². The second-order valence-electron chi connectivity index (χ2n) is 9.57. The van der Waals surface area contributed by atoms with Crippen LogP contribution in [0, 0.1) is 18.6 Å². The normalized spacial score (nSPS) is 17.4. The van der Waals surface area contributed by atoms with Crippen LogP contribution in [0.3, 0.4) is 0 Å². The lowest BCUT2D eigenvalue weighted by Gasteiger charge is -2.40. The van der Waals surface area contributed by atoms with Crippen LogP contribution in [0.4, 0.5) is 8.78 Å². The van der Waals surface area contributed by atoms with E-state index in [2.05, 4.69) is 5.32 Å². The molecule has 1 aliphatic rings. The molecule has 2 amide bonds. The van der Waals surface area contributed by atoms with Crippen LogP contribution in [-0.4, -0.2) is 35.3 Å². The molecule has 0 spiro atoms. The minimum absolute atomic E-state index is 0.0130.